The van der Waals surface area contributed by atoms with E-state index < -0.39 is 0 Å². The summed E-state index contributed by atoms with van der Waals surface area (Å²) in [5.74, 6) is 1.81. The molecule has 4 atom stereocenters. The largest absolute Gasteiger partial charge is 0.460 e. The van der Waals surface area contributed by atoms with Crippen molar-refractivity contribution in [1.29, 1.82) is 0 Å². The summed E-state index contributed by atoms with van der Waals surface area (Å²) >= 11 is 0. The molecule has 6 nitrogen and oxygen atoms in total. The molecule has 2 fully saturated rings. The number of rotatable bonds is 3. The second-order valence-electron chi connectivity index (χ2n) is 8.35. The lowest BCUT2D eigenvalue weighted by atomic mass is 9.88. The van der Waals surface area contributed by atoms with E-state index in [1.54, 1.807) is 0 Å². The van der Waals surface area contributed by atoms with Crippen LogP contribution in [0.1, 0.15) is 87.1 Å². The number of carbonyl (C=O) groups excluding carboxylic acids is 1. The van der Waals surface area contributed by atoms with Gasteiger partial charge in [-0.25, -0.2) is 14.8 Å². The fourth-order valence-corrected chi connectivity index (χ4v) is 4.47. The van der Waals surface area contributed by atoms with Crippen LogP contribution in [0.25, 0.3) is 0 Å². The highest BCUT2D eigenvalue weighted by atomic mass is 16.5. The number of piperazine rings is 1. The highest BCUT2D eigenvalue weighted by Gasteiger charge is 2.43. The molecule has 0 aliphatic carbocycles. The van der Waals surface area contributed by atoms with Crippen molar-refractivity contribution < 1.29 is 9.53 Å². The zero-order chi connectivity index (χ0) is 18.4. The van der Waals surface area contributed by atoms with Crippen LogP contribution >= 0.6 is 0 Å². The van der Waals surface area contributed by atoms with Crippen molar-refractivity contribution in [2.24, 2.45) is 0 Å². The van der Waals surface area contributed by atoms with E-state index in [2.05, 4.69) is 37.9 Å². The fourth-order valence-electron chi connectivity index (χ4n) is 4.47. The Kier molecular flexibility index (Phi) is 4.63. The zero-order valence-corrected chi connectivity index (χ0v) is 16.3. The first-order valence-corrected chi connectivity index (χ1v) is 10.1. The Hall–Kier alpha value is -1.69. The quantitative estimate of drug-likeness (QED) is 0.838. The molecule has 3 aliphatic heterocycles. The summed E-state index contributed by atoms with van der Waals surface area (Å²) in [6.45, 7) is 9.81. The van der Waals surface area contributed by atoms with Gasteiger partial charge >= 0.3 is 5.97 Å². The molecule has 0 amide bonds. The summed E-state index contributed by atoms with van der Waals surface area (Å²) < 4.78 is 5.73. The molecule has 1 N–H and O–H groups in total. The molecular formula is C20H30N4O2. The van der Waals surface area contributed by atoms with Crippen molar-refractivity contribution in [3.63, 3.8) is 0 Å². The van der Waals surface area contributed by atoms with Crippen molar-refractivity contribution in [3.8, 4) is 0 Å². The molecule has 142 valence electrons. The number of hydrogen-bond donors (Lipinski definition) is 1. The van der Waals surface area contributed by atoms with Gasteiger partial charge in [-0.1, -0.05) is 34.1 Å². The predicted octanol–water partition coefficient (Wildman–Crippen LogP) is 2.98. The van der Waals surface area contributed by atoms with Gasteiger partial charge in [-0.15, -0.1) is 0 Å². The Balaban J connectivity index is 1.88. The average Bonchev–Trinajstić information content (AvgIpc) is 2.78. The van der Waals surface area contributed by atoms with Crippen molar-refractivity contribution in [2.45, 2.75) is 83.3 Å². The molecule has 1 aromatic rings. The number of nitrogens with one attached hydrogen (secondary N) is 1. The van der Waals surface area contributed by atoms with Crippen molar-refractivity contribution in [1.82, 2.24) is 15.3 Å². The molecule has 26 heavy (non-hydrogen) atoms. The van der Waals surface area contributed by atoms with Crippen LogP contribution in [0.2, 0.25) is 0 Å². The van der Waals surface area contributed by atoms with Crippen LogP contribution in [0.4, 0.5) is 5.82 Å². The van der Waals surface area contributed by atoms with Gasteiger partial charge in [0.1, 0.15) is 23.8 Å². The predicted molar refractivity (Wildman–Crippen MR) is 101 cm³/mol. The third kappa shape index (κ3) is 2.88. The van der Waals surface area contributed by atoms with Gasteiger partial charge in [-0.3, -0.25) is 0 Å². The van der Waals surface area contributed by atoms with Crippen molar-refractivity contribution in [2.75, 3.05) is 18.1 Å². The van der Waals surface area contributed by atoms with E-state index in [4.69, 9.17) is 14.7 Å². The maximum Gasteiger partial charge on any atom is 0.343 e. The minimum atomic E-state index is -0.255. The standard InChI is InChI=1S/C20H30N4O2/c1-5-12(4)17-16-19(23-18(22-17)11(2)3)24-9-13-7-6-8-14(21-13)15(24)10-26-20(16)25/h11-15,21H,5-10H2,1-4H3/t12?,13-,14+,15?/m0/s1. The molecule has 0 aromatic carbocycles. The number of aromatic nitrogens is 2. The Labute approximate surface area is 155 Å². The summed E-state index contributed by atoms with van der Waals surface area (Å²) in [4.78, 5) is 25.0. The zero-order valence-electron chi connectivity index (χ0n) is 16.3. The highest BCUT2D eigenvalue weighted by molar-refractivity contribution is 5.97. The number of piperidine rings is 1. The van der Waals surface area contributed by atoms with Crippen LogP contribution in [-0.4, -0.2) is 47.2 Å². The smallest absolute Gasteiger partial charge is 0.343 e. The Bertz CT molecular complexity index is 705. The van der Waals surface area contributed by atoms with Gasteiger partial charge in [0.05, 0.1) is 11.7 Å². The SMILES string of the molecule is CCC(C)c1nc(C(C)C)nc2c1C(=O)OCC1[C@H]3CCC[C@@H](CN21)N3. The lowest BCUT2D eigenvalue weighted by molar-refractivity contribution is 0.0452. The topological polar surface area (TPSA) is 67.3 Å². The molecule has 4 heterocycles. The van der Waals surface area contributed by atoms with E-state index in [0.29, 0.717) is 24.3 Å². The molecule has 6 heteroatoms. The molecule has 2 bridgehead atoms. The number of hydrogen-bond acceptors (Lipinski definition) is 6. The number of nitrogens with zero attached hydrogens (tertiary/aromatic N) is 3. The average molecular weight is 358 g/mol. The molecule has 2 saturated heterocycles. The van der Waals surface area contributed by atoms with Gasteiger partial charge in [-0.2, -0.15) is 0 Å². The van der Waals surface area contributed by atoms with Crippen LogP contribution in [0.15, 0.2) is 0 Å². The third-order valence-corrected chi connectivity index (χ3v) is 6.19. The van der Waals surface area contributed by atoms with Gasteiger partial charge in [-0.05, 0) is 25.2 Å². The Morgan fingerprint density at radius 3 is 2.81 bits per heavy atom. The van der Waals surface area contributed by atoms with E-state index >= 15 is 0 Å². The minimum Gasteiger partial charge on any atom is -0.460 e. The van der Waals surface area contributed by atoms with Crippen LogP contribution in [0, 0.1) is 0 Å². The van der Waals surface area contributed by atoms with Crippen LogP contribution < -0.4 is 10.2 Å². The molecule has 0 spiro atoms. The first kappa shape index (κ1) is 17.7. The number of anilines is 1. The van der Waals surface area contributed by atoms with E-state index in [0.717, 1.165) is 36.7 Å². The lowest BCUT2D eigenvalue weighted by Gasteiger charge is -2.48. The first-order valence-electron chi connectivity index (χ1n) is 10.1. The molecule has 0 radical (unpaired) electrons. The van der Waals surface area contributed by atoms with E-state index in [1.165, 1.54) is 12.8 Å². The minimum absolute atomic E-state index is 0.163. The number of fused-ring (bicyclic) bond motifs is 6. The molecular weight excluding hydrogens is 328 g/mol. The third-order valence-electron chi connectivity index (χ3n) is 6.19. The molecule has 1 aromatic heterocycles. The van der Waals surface area contributed by atoms with Gasteiger partial charge in [0.2, 0.25) is 0 Å². The summed E-state index contributed by atoms with van der Waals surface area (Å²) in [6.07, 6.45) is 4.49. The summed E-state index contributed by atoms with van der Waals surface area (Å²) in [6, 6.07) is 0.998. The molecule has 2 unspecified atom stereocenters. The fraction of sp³-hybridized carbons (Fsp3) is 0.750. The molecule has 4 rings (SSSR count). The van der Waals surface area contributed by atoms with E-state index in [1.807, 2.05) is 0 Å². The van der Waals surface area contributed by atoms with E-state index in [-0.39, 0.29) is 23.8 Å². The van der Waals surface area contributed by atoms with E-state index in [9.17, 15) is 4.79 Å². The second kappa shape index (κ2) is 6.80. The van der Waals surface area contributed by atoms with Crippen molar-refractivity contribution in [3.05, 3.63) is 17.1 Å². The van der Waals surface area contributed by atoms with Crippen LogP contribution in [0.5, 0.6) is 0 Å². The van der Waals surface area contributed by atoms with Crippen LogP contribution in [0.3, 0.4) is 0 Å². The summed E-state index contributed by atoms with van der Waals surface area (Å²) in [5.41, 5.74) is 1.46. The Morgan fingerprint density at radius 1 is 1.27 bits per heavy atom. The van der Waals surface area contributed by atoms with Crippen LogP contribution in [-0.2, 0) is 4.74 Å². The molecule has 3 aliphatic rings. The maximum absolute atomic E-state index is 12.9. The number of esters is 1. The monoisotopic (exact) mass is 358 g/mol. The van der Waals surface area contributed by atoms with Gasteiger partial charge in [0, 0.05) is 24.5 Å². The molecule has 0 saturated carbocycles. The van der Waals surface area contributed by atoms with Gasteiger partial charge in [0.15, 0.2) is 0 Å². The lowest BCUT2D eigenvalue weighted by Crippen LogP contribution is -2.65. The Morgan fingerprint density at radius 2 is 2.08 bits per heavy atom. The second-order valence-corrected chi connectivity index (χ2v) is 8.35. The highest BCUT2D eigenvalue weighted by Crippen LogP contribution is 2.36. The van der Waals surface area contributed by atoms with Gasteiger partial charge in [0.25, 0.3) is 0 Å². The number of ether oxygens (including phenoxy) is 1. The number of carbonyl (C=O) groups is 1. The first-order chi connectivity index (χ1) is 12.5. The number of cyclic esters (lactones) is 1. The van der Waals surface area contributed by atoms with Crippen molar-refractivity contribution >= 4 is 11.8 Å². The normalized spacial score (nSPS) is 28.9. The van der Waals surface area contributed by atoms with Gasteiger partial charge < -0.3 is 15.0 Å². The summed E-state index contributed by atoms with van der Waals surface area (Å²) in [7, 11) is 0. The maximum atomic E-state index is 12.9. The summed E-state index contributed by atoms with van der Waals surface area (Å²) in [5, 5.41) is 3.73.